The summed E-state index contributed by atoms with van der Waals surface area (Å²) in [4.78, 5) is 33.7. The summed E-state index contributed by atoms with van der Waals surface area (Å²) in [6.07, 6.45) is 0.608. The molecule has 0 aliphatic carbocycles. The Hall–Kier alpha value is -3.06. The van der Waals surface area contributed by atoms with Gasteiger partial charge >= 0.3 is 6.09 Å². The summed E-state index contributed by atoms with van der Waals surface area (Å²) in [7, 11) is 0. The van der Waals surface area contributed by atoms with Crippen molar-refractivity contribution in [3.63, 3.8) is 0 Å². The first-order valence-corrected chi connectivity index (χ1v) is 8.24. The van der Waals surface area contributed by atoms with E-state index in [1.807, 2.05) is 48.5 Å². The lowest BCUT2D eigenvalue weighted by Gasteiger charge is -2.06. The first-order chi connectivity index (χ1) is 12.0. The summed E-state index contributed by atoms with van der Waals surface area (Å²) < 4.78 is 0. The quantitative estimate of drug-likeness (QED) is 0.731. The Labute approximate surface area is 147 Å². The van der Waals surface area contributed by atoms with Gasteiger partial charge in [-0.05, 0) is 46.2 Å². The van der Waals surface area contributed by atoms with E-state index in [0.717, 1.165) is 34.0 Å². The monoisotopic (exact) mass is 354 g/mol. The largest absolute Gasteiger partial charge is 0.465 e. The second-order valence-corrected chi connectivity index (χ2v) is 6.35. The van der Waals surface area contributed by atoms with Crippen molar-refractivity contribution in [1.82, 2.24) is 10.6 Å². The predicted molar refractivity (Wildman–Crippen MR) is 95.8 cm³/mol. The molecular weight excluding hydrogens is 340 g/mol. The summed E-state index contributed by atoms with van der Waals surface area (Å²) in [6, 6.07) is 15.1. The van der Waals surface area contributed by atoms with Gasteiger partial charge in [0.25, 0.3) is 11.1 Å². The maximum Gasteiger partial charge on any atom is 0.404 e. The zero-order valence-corrected chi connectivity index (χ0v) is 13.8. The van der Waals surface area contributed by atoms with E-state index >= 15 is 0 Å². The molecule has 126 valence electrons. The number of carboxylic acid groups (broad SMARTS) is 1. The van der Waals surface area contributed by atoms with Crippen LogP contribution in [0, 0.1) is 0 Å². The summed E-state index contributed by atoms with van der Waals surface area (Å²) in [5.74, 6) is -0.377. The Balaban J connectivity index is 1.77. The van der Waals surface area contributed by atoms with E-state index in [1.165, 1.54) is 0 Å². The number of hydrogen-bond acceptors (Lipinski definition) is 4. The number of imide groups is 1. The van der Waals surface area contributed by atoms with Crippen molar-refractivity contribution in [2.24, 2.45) is 0 Å². The number of carbonyl (C=O) groups is 3. The Morgan fingerprint density at radius 2 is 1.88 bits per heavy atom. The molecule has 0 unspecified atom stereocenters. The molecule has 0 atom stereocenters. The first-order valence-electron chi connectivity index (χ1n) is 7.42. The first kappa shape index (κ1) is 16.8. The van der Waals surface area contributed by atoms with Gasteiger partial charge < -0.3 is 10.4 Å². The van der Waals surface area contributed by atoms with E-state index < -0.39 is 6.09 Å². The van der Waals surface area contributed by atoms with Crippen molar-refractivity contribution in [1.29, 1.82) is 0 Å². The Kier molecular flexibility index (Phi) is 4.85. The van der Waals surface area contributed by atoms with Crippen LogP contribution in [0.25, 0.3) is 17.2 Å². The summed E-state index contributed by atoms with van der Waals surface area (Å²) in [5.41, 5.74) is 3.62. The lowest BCUT2D eigenvalue weighted by molar-refractivity contribution is -0.115. The van der Waals surface area contributed by atoms with E-state index in [4.69, 9.17) is 5.11 Å². The van der Waals surface area contributed by atoms with Crippen LogP contribution in [0.15, 0.2) is 53.4 Å². The second-order valence-electron chi connectivity index (χ2n) is 5.33. The standard InChI is InChI=1S/C18H14N2O4S/c21-16-15(25-18(24)20-16)9-11-4-6-13(7-5-11)14-3-1-2-12(8-14)10-19-17(22)23/h1-9,19H,10H2,(H,22,23)(H,20,21,24). The van der Waals surface area contributed by atoms with Crippen molar-refractivity contribution >= 4 is 35.1 Å². The third kappa shape index (κ3) is 4.27. The average Bonchev–Trinajstić information content (AvgIpc) is 2.91. The van der Waals surface area contributed by atoms with E-state index in [9.17, 15) is 14.4 Å². The fourth-order valence-electron chi connectivity index (χ4n) is 2.38. The highest BCUT2D eigenvalue weighted by Gasteiger charge is 2.24. The molecule has 1 aliphatic heterocycles. The normalized spacial score (nSPS) is 15.3. The fourth-order valence-corrected chi connectivity index (χ4v) is 3.06. The Morgan fingerprint density at radius 1 is 1.12 bits per heavy atom. The summed E-state index contributed by atoms with van der Waals surface area (Å²) >= 11 is 0.885. The molecule has 1 aliphatic rings. The summed E-state index contributed by atoms with van der Waals surface area (Å²) in [5, 5.41) is 12.9. The molecule has 1 heterocycles. The van der Waals surface area contributed by atoms with Crippen LogP contribution in [0.3, 0.4) is 0 Å². The van der Waals surface area contributed by atoms with Crippen LogP contribution in [0.5, 0.6) is 0 Å². The third-order valence-electron chi connectivity index (χ3n) is 3.55. The van der Waals surface area contributed by atoms with Crippen LogP contribution in [-0.4, -0.2) is 22.3 Å². The minimum Gasteiger partial charge on any atom is -0.465 e. The van der Waals surface area contributed by atoms with Crippen molar-refractivity contribution in [3.05, 3.63) is 64.6 Å². The number of nitrogens with one attached hydrogen (secondary N) is 2. The molecule has 6 nitrogen and oxygen atoms in total. The van der Waals surface area contributed by atoms with Gasteiger partial charge in [0.15, 0.2) is 0 Å². The van der Waals surface area contributed by atoms with E-state index in [0.29, 0.717) is 4.91 Å². The molecular formula is C18H14N2O4S. The maximum absolute atomic E-state index is 11.6. The molecule has 25 heavy (non-hydrogen) atoms. The highest BCUT2D eigenvalue weighted by molar-refractivity contribution is 8.18. The predicted octanol–water partition coefficient (Wildman–Crippen LogP) is 3.45. The van der Waals surface area contributed by atoms with Crippen LogP contribution >= 0.6 is 11.8 Å². The molecule has 1 fully saturated rings. The smallest absolute Gasteiger partial charge is 0.404 e. The lowest BCUT2D eigenvalue weighted by Crippen LogP contribution is -2.19. The zero-order valence-electron chi connectivity index (χ0n) is 13.0. The highest BCUT2D eigenvalue weighted by atomic mass is 32.2. The second kappa shape index (κ2) is 7.23. The van der Waals surface area contributed by atoms with Gasteiger partial charge in [-0.3, -0.25) is 14.9 Å². The van der Waals surface area contributed by atoms with Gasteiger partial charge in [0.2, 0.25) is 0 Å². The van der Waals surface area contributed by atoms with Crippen molar-refractivity contribution in [2.45, 2.75) is 6.54 Å². The molecule has 0 bridgehead atoms. The van der Waals surface area contributed by atoms with Gasteiger partial charge in [-0.1, -0.05) is 42.5 Å². The lowest BCUT2D eigenvalue weighted by atomic mass is 10.0. The van der Waals surface area contributed by atoms with E-state index in [1.54, 1.807) is 6.08 Å². The van der Waals surface area contributed by atoms with Crippen LogP contribution in [0.1, 0.15) is 11.1 Å². The number of hydrogen-bond donors (Lipinski definition) is 3. The van der Waals surface area contributed by atoms with Crippen LogP contribution in [0.2, 0.25) is 0 Å². The third-order valence-corrected chi connectivity index (χ3v) is 4.37. The molecule has 0 saturated carbocycles. The molecule has 3 N–H and O–H groups in total. The molecule has 0 radical (unpaired) electrons. The van der Waals surface area contributed by atoms with Crippen molar-refractivity contribution in [2.75, 3.05) is 0 Å². The number of carbonyl (C=O) groups excluding carboxylic acids is 2. The van der Waals surface area contributed by atoms with Gasteiger partial charge in [0.05, 0.1) is 4.91 Å². The van der Waals surface area contributed by atoms with Crippen LogP contribution in [-0.2, 0) is 11.3 Å². The number of thioether (sulfide) groups is 1. The number of amides is 3. The molecule has 2 aromatic rings. The molecule has 7 heteroatoms. The van der Waals surface area contributed by atoms with Gasteiger partial charge in [0.1, 0.15) is 0 Å². The Morgan fingerprint density at radius 3 is 2.52 bits per heavy atom. The topological polar surface area (TPSA) is 95.5 Å². The maximum atomic E-state index is 11.6. The zero-order chi connectivity index (χ0) is 17.8. The highest BCUT2D eigenvalue weighted by Crippen LogP contribution is 2.27. The number of benzene rings is 2. The minimum atomic E-state index is -1.06. The molecule has 0 aromatic heterocycles. The van der Waals surface area contributed by atoms with Gasteiger partial charge in [-0.15, -0.1) is 0 Å². The molecule has 3 amide bonds. The van der Waals surface area contributed by atoms with Crippen molar-refractivity contribution < 1.29 is 19.5 Å². The Bertz CT molecular complexity index is 875. The van der Waals surface area contributed by atoms with E-state index in [-0.39, 0.29) is 17.7 Å². The molecule has 3 rings (SSSR count). The SMILES string of the molecule is O=C(O)NCc1cccc(-c2ccc(C=C3SC(=O)NC3=O)cc2)c1. The van der Waals surface area contributed by atoms with Crippen molar-refractivity contribution in [3.8, 4) is 11.1 Å². The minimum absolute atomic E-state index is 0.244. The van der Waals surface area contributed by atoms with E-state index in [2.05, 4.69) is 10.6 Å². The number of rotatable bonds is 4. The molecule has 2 aromatic carbocycles. The fraction of sp³-hybridized carbons (Fsp3) is 0.0556. The van der Waals surface area contributed by atoms with Crippen LogP contribution in [0.4, 0.5) is 9.59 Å². The summed E-state index contributed by atoms with van der Waals surface area (Å²) in [6.45, 7) is 0.244. The van der Waals surface area contributed by atoms with Gasteiger partial charge in [0, 0.05) is 6.54 Å². The molecule has 0 spiro atoms. The average molecular weight is 354 g/mol. The van der Waals surface area contributed by atoms with Gasteiger partial charge in [-0.2, -0.15) is 0 Å². The van der Waals surface area contributed by atoms with Gasteiger partial charge in [-0.25, -0.2) is 4.79 Å². The molecule has 1 saturated heterocycles. The van der Waals surface area contributed by atoms with Crippen LogP contribution < -0.4 is 10.6 Å².